The number of methoxy groups -OCH3 is 1. The van der Waals surface area contributed by atoms with Crippen molar-refractivity contribution in [2.24, 2.45) is 0 Å². The Hall–Kier alpha value is -3.39. The fourth-order valence-corrected chi connectivity index (χ4v) is 3.23. The number of pyridine rings is 1. The van der Waals surface area contributed by atoms with Gasteiger partial charge in [-0.3, -0.25) is 14.3 Å². The lowest BCUT2D eigenvalue weighted by Crippen LogP contribution is -2.25. The average molecular weight is 428 g/mol. The maximum Gasteiger partial charge on any atom is 0.261 e. The zero-order valence-electron chi connectivity index (χ0n) is 17.1. The molecule has 156 valence electrons. The van der Waals surface area contributed by atoms with Crippen LogP contribution < -0.4 is 15.4 Å². The highest BCUT2D eigenvalue weighted by Crippen LogP contribution is 2.27. The molecule has 0 aliphatic heterocycles. The van der Waals surface area contributed by atoms with Gasteiger partial charge >= 0.3 is 0 Å². The van der Waals surface area contributed by atoms with Crippen LogP contribution in [0, 0.1) is 13.8 Å². The number of amides is 2. The Morgan fingerprint density at radius 3 is 2.57 bits per heavy atom. The minimum atomic E-state index is -0.507. The Kier molecular flexibility index (Phi) is 6.37. The quantitative estimate of drug-likeness (QED) is 0.619. The molecular weight excluding hydrogens is 406 g/mol. The number of nitrogens with zero attached hydrogens (tertiary/aromatic N) is 3. The summed E-state index contributed by atoms with van der Waals surface area (Å²) in [5.74, 6) is -0.408. The molecule has 0 fully saturated rings. The van der Waals surface area contributed by atoms with Crippen LogP contribution in [0.25, 0.3) is 0 Å². The molecule has 1 atom stereocenters. The van der Waals surface area contributed by atoms with E-state index in [1.165, 1.54) is 13.3 Å². The van der Waals surface area contributed by atoms with Gasteiger partial charge in [0, 0.05) is 17.6 Å². The van der Waals surface area contributed by atoms with Crippen LogP contribution in [0.1, 0.15) is 34.7 Å². The van der Waals surface area contributed by atoms with Gasteiger partial charge < -0.3 is 15.4 Å². The maximum absolute atomic E-state index is 12.6. The number of nitrogens with one attached hydrogen (secondary N) is 2. The molecule has 2 aromatic heterocycles. The highest BCUT2D eigenvalue weighted by molar-refractivity contribution is 6.34. The molecule has 2 amide bonds. The summed E-state index contributed by atoms with van der Waals surface area (Å²) >= 11 is 6.32. The molecule has 3 rings (SSSR count). The summed E-state index contributed by atoms with van der Waals surface area (Å²) in [6.07, 6.45) is 1.54. The van der Waals surface area contributed by atoms with Crippen LogP contribution in [0.5, 0.6) is 5.88 Å². The Balaban J connectivity index is 1.71. The predicted molar refractivity (Wildman–Crippen MR) is 115 cm³/mol. The third-order valence-electron chi connectivity index (χ3n) is 4.48. The molecule has 1 unspecified atom stereocenters. The number of carbonyl (C=O) groups excluding carboxylic acids is 2. The van der Waals surface area contributed by atoms with E-state index in [0.29, 0.717) is 22.0 Å². The van der Waals surface area contributed by atoms with E-state index >= 15 is 0 Å². The molecule has 0 spiro atoms. The fourth-order valence-electron chi connectivity index (χ4n) is 3.01. The first-order valence-electron chi connectivity index (χ1n) is 9.23. The Morgan fingerprint density at radius 1 is 1.17 bits per heavy atom. The molecule has 0 saturated heterocycles. The van der Waals surface area contributed by atoms with Gasteiger partial charge in [-0.2, -0.15) is 5.10 Å². The van der Waals surface area contributed by atoms with Crippen molar-refractivity contribution < 1.29 is 14.3 Å². The van der Waals surface area contributed by atoms with Gasteiger partial charge in [0.05, 0.1) is 23.5 Å². The fraction of sp³-hybridized carbons (Fsp3) is 0.238. The number of aryl methyl sites for hydroxylation is 2. The number of rotatable bonds is 6. The number of aromatic nitrogens is 3. The standard InChI is InChI=1S/C21H22ClN5O3/c1-12-10-13(2)27(26-12)14(3)19(28)25-18-8-7-15(11-17(18)22)24-20(29)16-6-5-9-23-21(16)30-4/h5-11,14H,1-4H3,(H,24,29)(H,25,28). The first-order valence-corrected chi connectivity index (χ1v) is 9.61. The second kappa shape index (κ2) is 8.96. The van der Waals surface area contributed by atoms with Gasteiger partial charge in [0.15, 0.2) is 0 Å². The van der Waals surface area contributed by atoms with Crippen molar-refractivity contribution in [2.45, 2.75) is 26.8 Å². The summed E-state index contributed by atoms with van der Waals surface area (Å²) in [4.78, 5) is 29.1. The highest BCUT2D eigenvalue weighted by atomic mass is 35.5. The van der Waals surface area contributed by atoms with E-state index in [0.717, 1.165) is 11.4 Å². The lowest BCUT2D eigenvalue weighted by Gasteiger charge is -2.16. The molecule has 8 nitrogen and oxygen atoms in total. The summed E-state index contributed by atoms with van der Waals surface area (Å²) < 4.78 is 6.77. The van der Waals surface area contributed by atoms with Crippen molar-refractivity contribution in [3.63, 3.8) is 0 Å². The van der Waals surface area contributed by atoms with Crippen molar-refractivity contribution in [1.29, 1.82) is 0 Å². The molecule has 30 heavy (non-hydrogen) atoms. The third kappa shape index (κ3) is 4.60. The Bertz CT molecular complexity index is 1100. The van der Waals surface area contributed by atoms with Crippen LogP contribution in [0.15, 0.2) is 42.6 Å². The van der Waals surface area contributed by atoms with E-state index < -0.39 is 6.04 Å². The smallest absolute Gasteiger partial charge is 0.261 e. The Morgan fingerprint density at radius 2 is 1.93 bits per heavy atom. The number of hydrogen-bond donors (Lipinski definition) is 2. The summed E-state index contributed by atoms with van der Waals surface area (Å²) in [7, 11) is 1.44. The number of carbonyl (C=O) groups is 2. The monoisotopic (exact) mass is 427 g/mol. The molecule has 9 heteroatoms. The number of anilines is 2. The van der Waals surface area contributed by atoms with Crippen molar-refractivity contribution in [1.82, 2.24) is 14.8 Å². The topological polar surface area (TPSA) is 98.1 Å². The van der Waals surface area contributed by atoms with Crippen LogP contribution in [0.2, 0.25) is 5.02 Å². The molecule has 2 heterocycles. The van der Waals surface area contributed by atoms with Gasteiger partial charge in [-0.1, -0.05) is 11.6 Å². The molecule has 1 aromatic carbocycles. The van der Waals surface area contributed by atoms with Gasteiger partial charge in [0.2, 0.25) is 11.8 Å². The molecule has 0 bridgehead atoms. The Labute approximate surface area is 179 Å². The first kappa shape index (κ1) is 21.3. The molecule has 2 N–H and O–H groups in total. The van der Waals surface area contributed by atoms with E-state index in [9.17, 15) is 9.59 Å². The van der Waals surface area contributed by atoms with Crippen LogP contribution >= 0.6 is 11.6 Å². The van der Waals surface area contributed by atoms with Gasteiger partial charge in [-0.05, 0) is 57.2 Å². The van der Waals surface area contributed by atoms with Gasteiger partial charge in [0.25, 0.3) is 5.91 Å². The summed E-state index contributed by atoms with van der Waals surface area (Å²) in [5, 5.41) is 10.2. The molecule has 3 aromatic rings. The van der Waals surface area contributed by atoms with E-state index in [1.54, 1.807) is 41.9 Å². The molecule has 0 saturated carbocycles. The number of ether oxygens (including phenoxy) is 1. The maximum atomic E-state index is 12.6. The van der Waals surface area contributed by atoms with Gasteiger partial charge in [0.1, 0.15) is 11.6 Å². The average Bonchev–Trinajstić information content (AvgIpc) is 3.07. The second-order valence-electron chi connectivity index (χ2n) is 6.75. The van der Waals surface area contributed by atoms with Gasteiger partial charge in [-0.25, -0.2) is 4.98 Å². The van der Waals surface area contributed by atoms with E-state index in [4.69, 9.17) is 16.3 Å². The number of halogens is 1. The minimum Gasteiger partial charge on any atom is -0.480 e. The number of benzene rings is 1. The van der Waals surface area contributed by atoms with Crippen LogP contribution in [-0.2, 0) is 4.79 Å². The number of hydrogen-bond acceptors (Lipinski definition) is 5. The molecular formula is C21H22ClN5O3. The van der Waals surface area contributed by atoms with E-state index in [-0.39, 0.29) is 17.7 Å². The molecule has 0 radical (unpaired) electrons. The summed E-state index contributed by atoms with van der Waals surface area (Å²) in [6.45, 7) is 5.53. The predicted octanol–water partition coefficient (Wildman–Crippen LogP) is 4.01. The lowest BCUT2D eigenvalue weighted by molar-refractivity contribution is -0.119. The van der Waals surface area contributed by atoms with Crippen molar-refractivity contribution in [2.75, 3.05) is 17.7 Å². The summed E-state index contributed by atoms with van der Waals surface area (Å²) in [6, 6.07) is 9.50. The highest BCUT2D eigenvalue weighted by Gasteiger charge is 2.19. The molecule has 0 aliphatic rings. The SMILES string of the molecule is COc1ncccc1C(=O)Nc1ccc(NC(=O)C(C)n2nc(C)cc2C)c(Cl)c1. The third-order valence-corrected chi connectivity index (χ3v) is 4.80. The minimum absolute atomic E-state index is 0.225. The largest absolute Gasteiger partial charge is 0.480 e. The van der Waals surface area contributed by atoms with Crippen LogP contribution in [0.3, 0.4) is 0 Å². The van der Waals surface area contributed by atoms with Gasteiger partial charge in [-0.15, -0.1) is 0 Å². The van der Waals surface area contributed by atoms with Crippen molar-refractivity contribution in [3.8, 4) is 5.88 Å². The first-order chi connectivity index (χ1) is 14.3. The second-order valence-corrected chi connectivity index (χ2v) is 7.15. The van der Waals surface area contributed by atoms with Crippen LogP contribution in [-0.4, -0.2) is 33.7 Å². The molecule has 0 aliphatic carbocycles. The van der Waals surface area contributed by atoms with Crippen molar-refractivity contribution >= 4 is 34.8 Å². The lowest BCUT2D eigenvalue weighted by atomic mass is 10.2. The summed E-state index contributed by atoms with van der Waals surface area (Å²) in [5.41, 5.74) is 2.94. The zero-order valence-corrected chi connectivity index (χ0v) is 17.8. The van der Waals surface area contributed by atoms with Crippen LogP contribution in [0.4, 0.5) is 11.4 Å². The zero-order chi connectivity index (χ0) is 21.8. The normalized spacial score (nSPS) is 11.6. The van der Waals surface area contributed by atoms with Crippen molar-refractivity contribution in [3.05, 3.63) is 64.6 Å². The van der Waals surface area contributed by atoms with E-state index in [1.807, 2.05) is 19.9 Å². The van der Waals surface area contributed by atoms with E-state index in [2.05, 4.69) is 20.7 Å².